The maximum Gasteiger partial charge on any atom is 0.417 e. The number of rotatable bonds is 5. The molecular formula is C53H33F6N3. The average Bonchev–Trinajstić information content (AvgIpc) is 3.77. The van der Waals surface area contributed by atoms with E-state index < -0.39 is 29.0 Å². The smallest absolute Gasteiger partial charge is 0.309 e. The van der Waals surface area contributed by atoms with Gasteiger partial charge in [-0.25, -0.2) is 0 Å². The third kappa shape index (κ3) is 6.29. The highest BCUT2D eigenvalue weighted by Gasteiger charge is 2.42. The van der Waals surface area contributed by atoms with Crippen LogP contribution in [0.4, 0.5) is 26.3 Å². The first kappa shape index (κ1) is 38.6. The van der Waals surface area contributed by atoms with E-state index in [0.717, 1.165) is 61.0 Å². The van der Waals surface area contributed by atoms with E-state index in [0.29, 0.717) is 34.2 Å². The van der Waals surface area contributed by atoms with Crippen molar-refractivity contribution in [3.05, 3.63) is 192 Å². The highest BCUT2D eigenvalue weighted by molar-refractivity contribution is 6.12. The van der Waals surface area contributed by atoms with Crippen molar-refractivity contribution in [3.63, 3.8) is 0 Å². The summed E-state index contributed by atoms with van der Waals surface area (Å²) in [4.78, 5) is 0. The summed E-state index contributed by atoms with van der Waals surface area (Å²) in [5, 5.41) is 14.1. The molecule has 10 rings (SSSR count). The highest BCUT2D eigenvalue weighted by Crippen LogP contribution is 2.49. The van der Waals surface area contributed by atoms with Gasteiger partial charge in [-0.1, -0.05) is 126 Å². The molecule has 0 aliphatic rings. The molecule has 0 atom stereocenters. The summed E-state index contributed by atoms with van der Waals surface area (Å²) in [5.41, 5.74) is 3.76. The lowest BCUT2D eigenvalue weighted by Gasteiger charge is -2.24. The van der Waals surface area contributed by atoms with Gasteiger partial charge in [-0.15, -0.1) is 0 Å². The van der Waals surface area contributed by atoms with Gasteiger partial charge in [-0.3, -0.25) is 0 Å². The number of benzene rings is 8. The number of alkyl halides is 6. The van der Waals surface area contributed by atoms with Crippen LogP contribution in [0.1, 0.15) is 27.8 Å². The van der Waals surface area contributed by atoms with Crippen molar-refractivity contribution < 1.29 is 26.3 Å². The summed E-state index contributed by atoms with van der Waals surface area (Å²) in [6.07, 6.45) is -10.4. The molecule has 2 aromatic heterocycles. The predicted molar refractivity (Wildman–Crippen MR) is 236 cm³/mol. The molecule has 0 spiro atoms. The van der Waals surface area contributed by atoms with E-state index in [4.69, 9.17) is 0 Å². The monoisotopic (exact) mass is 825 g/mol. The third-order valence-corrected chi connectivity index (χ3v) is 11.8. The molecule has 302 valence electrons. The molecule has 0 fully saturated rings. The van der Waals surface area contributed by atoms with Crippen LogP contribution in [0.2, 0.25) is 0 Å². The molecule has 10 aromatic rings. The van der Waals surface area contributed by atoms with E-state index in [9.17, 15) is 5.26 Å². The molecule has 8 aromatic carbocycles. The van der Waals surface area contributed by atoms with Crippen molar-refractivity contribution in [2.24, 2.45) is 0 Å². The largest absolute Gasteiger partial charge is 0.417 e. The van der Waals surface area contributed by atoms with Gasteiger partial charge in [-0.05, 0) is 84.6 Å². The van der Waals surface area contributed by atoms with Gasteiger partial charge in [-0.2, -0.15) is 31.6 Å². The fourth-order valence-corrected chi connectivity index (χ4v) is 8.86. The number of fused-ring (bicyclic) bond motifs is 6. The number of aryl methyl sites for hydroxylation is 2. The molecule has 0 aliphatic carbocycles. The standard InChI is InChI=1S/C53H33F6N3/c1-31-14-18-33(19-15-31)35-22-24-40-38-8-3-5-12-45(38)61(48(40)26-35)47-29-42(51-43(52(54,55)56)10-7-11-44(51)53(57,58)59)50(28-37(47)30-60)62-46-13-6-4-9-39(46)41-25-23-36(27-49(41)62)34-20-16-32(2)17-21-34/h3-29H,1-2H3. The highest BCUT2D eigenvalue weighted by atomic mass is 19.4. The van der Waals surface area contributed by atoms with Gasteiger partial charge in [0.15, 0.2) is 0 Å². The van der Waals surface area contributed by atoms with Gasteiger partial charge in [0, 0.05) is 32.7 Å². The second-order valence-electron chi connectivity index (χ2n) is 15.6. The fourth-order valence-electron chi connectivity index (χ4n) is 8.86. The second-order valence-corrected chi connectivity index (χ2v) is 15.6. The SMILES string of the molecule is Cc1ccc(-c2ccc3c4ccccc4n(-c4cc(-c5c(C(F)(F)F)cccc5C(F)(F)F)c(-n5c6ccccc6c6ccc(-c7ccc(C)cc7)cc65)cc4C#N)c3c2)cc1. The fraction of sp³-hybridized carbons (Fsp3) is 0.0755. The van der Waals surface area contributed by atoms with Crippen LogP contribution in [0.25, 0.3) is 88.4 Å². The molecule has 3 nitrogen and oxygen atoms in total. The van der Waals surface area contributed by atoms with Crippen LogP contribution >= 0.6 is 0 Å². The lowest BCUT2D eigenvalue weighted by Crippen LogP contribution is -2.15. The van der Waals surface area contributed by atoms with Crippen LogP contribution in [0.3, 0.4) is 0 Å². The Bertz CT molecular complexity index is 3420. The molecule has 2 heterocycles. The topological polar surface area (TPSA) is 33.6 Å². The Hall–Kier alpha value is -7.57. The van der Waals surface area contributed by atoms with E-state index in [1.54, 1.807) is 21.3 Å². The Morgan fingerprint density at radius 2 is 0.839 bits per heavy atom. The van der Waals surface area contributed by atoms with Crippen molar-refractivity contribution in [3.8, 4) is 50.8 Å². The predicted octanol–water partition coefficient (Wildman–Crippen LogP) is 15.4. The molecule has 0 saturated heterocycles. The summed E-state index contributed by atoms with van der Waals surface area (Å²) in [6, 6.07) is 49.3. The van der Waals surface area contributed by atoms with Crippen molar-refractivity contribution in [1.29, 1.82) is 5.26 Å². The lowest BCUT2D eigenvalue weighted by molar-refractivity contribution is -0.142. The summed E-state index contributed by atoms with van der Waals surface area (Å²) in [5.74, 6) is 0. The third-order valence-electron chi connectivity index (χ3n) is 11.8. The first-order valence-electron chi connectivity index (χ1n) is 19.9. The number of hydrogen-bond donors (Lipinski definition) is 0. The first-order valence-corrected chi connectivity index (χ1v) is 19.9. The van der Waals surface area contributed by atoms with Gasteiger partial charge in [0.2, 0.25) is 0 Å². The van der Waals surface area contributed by atoms with E-state index in [1.807, 2.05) is 135 Å². The van der Waals surface area contributed by atoms with Crippen LogP contribution in [0.15, 0.2) is 164 Å². The molecule has 0 aliphatic heterocycles. The quantitative estimate of drug-likeness (QED) is 0.159. The molecule has 0 N–H and O–H groups in total. The molecule has 0 saturated carbocycles. The molecule has 0 radical (unpaired) electrons. The number of halogens is 6. The maximum absolute atomic E-state index is 15.3. The van der Waals surface area contributed by atoms with Crippen LogP contribution in [-0.4, -0.2) is 9.13 Å². The minimum Gasteiger partial charge on any atom is -0.309 e. The number of hydrogen-bond acceptors (Lipinski definition) is 1. The number of aromatic nitrogens is 2. The second kappa shape index (κ2) is 14.3. The van der Waals surface area contributed by atoms with Crippen molar-refractivity contribution in [2.75, 3.05) is 0 Å². The normalized spacial score (nSPS) is 12.2. The van der Waals surface area contributed by atoms with Crippen LogP contribution in [0, 0.1) is 25.2 Å². The van der Waals surface area contributed by atoms with Crippen molar-refractivity contribution >= 4 is 43.6 Å². The van der Waals surface area contributed by atoms with Gasteiger partial charge < -0.3 is 9.13 Å². The zero-order valence-electron chi connectivity index (χ0n) is 33.2. The summed E-state index contributed by atoms with van der Waals surface area (Å²) < 4.78 is 95.2. The Morgan fingerprint density at radius 1 is 0.419 bits per heavy atom. The van der Waals surface area contributed by atoms with E-state index in [-0.39, 0.29) is 22.5 Å². The summed E-state index contributed by atoms with van der Waals surface area (Å²) in [6.45, 7) is 3.96. The van der Waals surface area contributed by atoms with Crippen LogP contribution < -0.4 is 0 Å². The van der Waals surface area contributed by atoms with E-state index in [2.05, 4.69) is 6.07 Å². The Balaban J connectivity index is 1.37. The number of nitrogens with zero attached hydrogens (tertiary/aromatic N) is 3. The minimum atomic E-state index is -5.18. The van der Waals surface area contributed by atoms with Crippen molar-refractivity contribution in [1.82, 2.24) is 9.13 Å². The van der Waals surface area contributed by atoms with Gasteiger partial charge >= 0.3 is 12.4 Å². The Labute approximate surface area is 351 Å². The zero-order chi connectivity index (χ0) is 43.1. The van der Waals surface area contributed by atoms with Gasteiger partial charge in [0.1, 0.15) is 6.07 Å². The van der Waals surface area contributed by atoms with E-state index >= 15 is 26.3 Å². The number of nitriles is 1. The average molecular weight is 826 g/mol. The molecule has 9 heteroatoms. The van der Waals surface area contributed by atoms with Gasteiger partial charge in [0.05, 0.1) is 50.1 Å². The molecule has 0 bridgehead atoms. The first-order chi connectivity index (χ1) is 29.8. The molecule has 0 unspecified atom stereocenters. The maximum atomic E-state index is 15.3. The summed E-state index contributed by atoms with van der Waals surface area (Å²) >= 11 is 0. The van der Waals surface area contributed by atoms with E-state index in [1.165, 1.54) is 12.1 Å². The van der Waals surface area contributed by atoms with Crippen molar-refractivity contribution in [2.45, 2.75) is 26.2 Å². The van der Waals surface area contributed by atoms with Crippen LogP contribution in [-0.2, 0) is 12.4 Å². The van der Waals surface area contributed by atoms with Crippen LogP contribution in [0.5, 0.6) is 0 Å². The lowest BCUT2D eigenvalue weighted by atomic mass is 9.90. The minimum absolute atomic E-state index is 0.0131. The Kier molecular flexibility index (Phi) is 8.89. The molecular weight excluding hydrogens is 793 g/mol. The Morgan fingerprint density at radius 3 is 1.29 bits per heavy atom. The van der Waals surface area contributed by atoms with Gasteiger partial charge in [0.25, 0.3) is 0 Å². The molecule has 0 amide bonds. The zero-order valence-corrected chi connectivity index (χ0v) is 33.2. The molecule has 62 heavy (non-hydrogen) atoms. The summed E-state index contributed by atoms with van der Waals surface area (Å²) in [7, 11) is 0. The number of para-hydroxylation sites is 2.